The minimum Gasteiger partial charge on any atom is -0.438 e. The van der Waals surface area contributed by atoms with E-state index in [-0.39, 0.29) is 22.8 Å². The van der Waals surface area contributed by atoms with Crippen LogP contribution < -0.4 is 10.0 Å². The second-order valence-corrected chi connectivity index (χ2v) is 9.88. The highest BCUT2D eigenvalue weighted by atomic mass is 32.2. The van der Waals surface area contributed by atoms with Crippen molar-refractivity contribution in [1.82, 2.24) is 10.0 Å². The topological polar surface area (TPSA) is 88.4 Å². The fourth-order valence-electron chi connectivity index (χ4n) is 2.85. The van der Waals surface area contributed by atoms with E-state index >= 15 is 0 Å². The second kappa shape index (κ2) is 8.49. The number of hydrogen-bond acceptors (Lipinski definition) is 4. The van der Waals surface area contributed by atoms with Crippen LogP contribution in [0, 0.1) is 5.92 Å². The fourth-order valence-corrected chi connectivity index (χ4v) is 4.20. The van der Waals surface area contributed by atoms with Gasteiger partial charge in [-0.15, -0.1) is 0 Å². The zero-order chi connectivity index (χ0) is 21.1. The van der Waals surface area contributed by atoms with E-state index < -0.39 is 21.5 Å². The molecule has 1 heterocycles. The van der Waals surface area contributed by atoms with Gasteiger partial charge in [-0.25, -0.2) is 13.1 Å². The Kier molecular flexibility index (Phi) is 6.72. The minimum absolute atomic E-state index is 0.0369. The molecule has 7 heteroatoms. The summed E-state index contributed by atoms with van der Waals surface area (Å²) in [6.07, 6.45) is 0.950. The molecule has 1 unspecified atom stereocenters. The van der Waals surface area contributed by atoms with Gasteiger partial charge in [-0.05, 0) is 56.4 Å². The molecule has 0 bridgehead atoms. The Bertz CT molecular complexity index is 907. The lowest BCUT2D eigenvalue weighted by Gasteiger charge is -2.22. The molecule has 2 aromatic rings. The molecule has 154 valence electrons. The van der Waals surface area contributed by atoms with E-state index in [0.29, 0.717) is 0 Å². The summed E-state index contributed by atoms with van der Waals surface area (Å²) < 4.78 is 32.6. The van der Waals surface area contributed by atoms with Crippen molar-refractivity contribution in [3.05, 3.63) is 53.3 Å². The third-order valence-electron chi connectivity index (χ3n) is 4.21. The first-order chi connectivity index (χ1) is 12.9. The molecular formula is C21H30N2O4S. The van der Waals surface area contributed by atoms with E-state index in [4.69, 9.17) is 4.42 Å². The van der Waals surface area contributed by atoms with Crippen molar-refractivity contribution in [2.75, 3.05) is 0 Å². The number of aryl methyl sites for hydroxylation is 1. The first-order valence-electron chi connectivity index (χ1n) is 9.46. The largest absolute Gasteiger partial charge is 0.438 e. The van der Waals surface area contributed by atoms with Gasteiger partial charge in [0.25, 0.3) is 15.9 Å². The fraction of sp³-hybridized carbons (Fsp3) is 0.476. The van der Waals surface area contributed by atoms with Gasteiger partial charge in [0.2, 0.25) is 5.09 Å². The Hall–Kier alpha value is -2.12. The average Bonchev–Trinajstić information content (AvgIpc) is 3.08. The number of carbonyl (C=O) groups excluding carboxylic acids is 1. The van der Waals surface area contributed by atoms with Gasteiger partial charge in [0, 0.05) is 5.54 Å². The van der Waals surface area contributed by atoms with Gasteiger partial charge in [-0.1, -0.05) is 45.0 Å². The van der Waals surface area contributed by atoms with Crippen molar-refractivity contribution in [3.63, 3.8) is 0 Å². The summed E-state index contributed by atoms with van der Waals surface area (Å²) in [6.45, 7) is 11.3. The molecular weight excluding hydrogens is 376 g/mol. The van der Waals surface area contributed by atoms with Gasteiger partial charge < -0.3 is 9.73 Å². The maximum atomic E-state index is 12.7. The standard InChI is InChI=1S/C21H30N2O4S/c1-7-15-8-10-16(11-9-15)19(14(2)3)22-20(24)17-12-13-18(27-17)28(25,26)23-21(4,5)6/h8-14,19,23H,7H2,1-6H3,(H,22,24). The Morgan fingerprint density at radius 1 is 1.07 bits per heavy atom. The van der Waals surface area contributed by atoms with Crippen LogP contribution in [-0.2, 0) is 16.4 Å². The van der Waals surface area contributed by atoms with Crippen LogP contribution in [0.25, 0.3) is 0 Å². The number of benzene rings is 1. The smallest absolute Gasteiger partial charge is 0.287 e. The molecule has 1 amide bonds. The number of hydrogen-bond donors (Lipinski definition) is 2. The van der Waals surface area contributed by atoms with Crippen molar-refractivity contribution in [2.24, 2.45) is 5.92 Å². The van der Waals surface area contributed by atoms with Crippen LogP contribution in [0.3, 0.4) is 0 Å². The molecule has 2 rings (SSSR count). The number of nitrogens with one attached hydrogen (secondary N) is 2. The number of amides is 1. The van der Waals surface area contributed by atoms with Gasteiger partial charge in [-0.3, -0.25) is 4.79 Å². The summed E-state index contributed by atoms with van der Waals surface area (Å²) in [5, 5.41) is 2.67. The molecule has 1 atom stereocenters. The average molecular weight is 407 g/mol. The number of rotatable bonds is 7. The van der Waals surface area contributed by atoms with Crippen LogP contribution in [0.1, 0.15) is 69.3 Å². The number of carbonyl (C=O) groups is 1. The summed E-state index contributed by atoms with van der Waals surface area (Å²) in [5.74, 6) is -0.335. The Morgan fingerprint density at radius 3 is 2.18 bits per heavy atom. The summed E-state index contributed by atoms with van der Waals surface area (Å²) in [7, 11) is -3.83. The van der Waals surface area contributed by atoms with E-state index in [2.05, 4.69) is 17.0 Å². The van der Waals surface area contributed by atoms with Crippen LogP contribution in [0.5, 0.6) is 0 Å². The highest BCUT2D eigenvalue weighted by Crippen LogP contribution is 2.24. The van der Waals surface area contributed by atoms with Crippen LogP contribution in [0.15, 0.2) is 45.9 Å². The van der Waals surface area contributed by atoms with Crippen molar-refractivity contribution in [1.29, 1.82) is 0 Å². The lowest BCUT2D eigenvalue weighted by atomic mass is 9.95. The maximum Gasteiger partial charge on any atom is 0.287 e. The van der Waals surface area contributed by atoms with E-state index in [1.54, 1.807) is 20.8 Å². The molecule has 28 heavy (non-hydrogen) atoms. The van der Waals surface area contributed by atoms with E-state index in [1.807, 2.05) is 38.1 Å². The summed E-state index contributed by atoms with van der Waals surface area (Å²) >= 11 is 0. The maximum absolute atomic E-state index is 12.7. The van der Waals surface area contributed by atoms with Gasteiger partial charge in [0.15, 0.2) is 5.76 Å². The monoisotopic (exact) mass is 406 g/mol. The lowest BCUT2D eigenvalue weighted by Crippen LogP contribution is -2.40. The number of sulfonamides is 1. The Morgan fingerprint density at radius 2 is 1.68 bits per heavy atom. The molecule has 0 aliphatic carbocycles. The van der Waals surface area contributed by atoms with E-state index in [1.165, 1.54) is 17.7 Å². The quantitative estimate of drug-likeness (QED) is 0.726. The minimum atomic E-state index is -3.83. The van der Waals surface area contributed by atoms with Crippen LogP contribution in [0.2, 0.25) is 0 Å². The third kappa shape index (κ3) is 5.69. The molecule has 0 radical (unpaired) electrons. The molecule has 0 aliphatic heterocycles. The first-order valence-corrected chi connectivity index (χ1v) is 10.9. The van der Waals surface area contributed by atoms with E-state index in [0.717, 1.165) is 12.0 Å². The van der Waals surface area contributed by atoms with Crippen molar-refractivity contribution in [3.8, 4) is 0 Å². The molecule has 2 N–H and O–H groups in total. The second-order valence-electron chi connectivity index (χ2n) is 8.26. The zero-order valence-electron chi connectivity index (χ0n) is 17.4. The molecule has 0 saturated heterocycles. The summed E-state index contributed by atoms with van der Waals surface area (Å²) in [4.78, 5) is 12.7. The van der Waals surface area contributed by atoms with Gasteiger partial charge in [0.1, 0.15) is 0 Å². The first kappa shape index (κ1) is 22.2. The van der Waals surface area contributed by atoms with Crippen LogP contribution in [-0.4, -0.2) is 19.9 Å². The molecule has 1 aromatic carbocycles. The predicted octanol–water partition coefficient (Wildman–Crippen LogP) is 4.05. The third-order valence-corrected chi connectivity index (χ3v) is 5.84. The van der Waals surface area contributed by atoms with Gasteiger partial charge in [-0.2, -0.15) is 0 Å². The zero-order valence-corrected chi connectivity index (χ0v) is 18.2. The van der Waals surface area contributed by atoms with Gasteiger partial charge in [0.05, 0.1) is 6.04 Å². The molecule has 6 nitrogen and oxygen atoms in total. The summed E-state index contributed by atoms with van der Waals surface area (Å²) in [5.41, 5.74) is 1.57. The van der Waals surface area contributed by atoms with Gasteiger partial charge >= 0.3 is 0 Å². The Balaban J connectivity index is 2.19. The van der Waals surface area contributed by atoms with Crippen LogP contribution in [0.4, 0.5) is 0 Å². The lowest BCUT2D eigenvalue weighted by molar-refractivity contribution is 0.0892. The van der Waals surface area contributed by atoms with E-state index in [9.17, 15) is 13.2 Å². The van der Waals surface area contributed by atoms with Crippen molar-refractivity contribution < 1.29 is 17.6 Å². The molecule has 1 aromatic heterocycles. The molecule has 0 saturated carbocycles. The Labute approximate surface area is 167 Å². The molecule has 0 spiro atoms. The van der Waals surface area contributed by atoms with Crippen molar-refractivity contribution >= 4 is 15.9 Å². The SMILES string of the molecule is CCc1ccc(C(NC(=O)c2ccc(S(=O)(=O)NC(C)(C)C)o2)C(C)C)cc1. The highest BCUT2D eigenvalue weighted by Gasteiger charge is 2.27. The summed E-state index contributed by atoms with van der Waals surface area (Å²) in [6, 6.07) is 10.6. The number of furan rings is 1. The normalized spacial score (nSPS) is 13.5. The molecule has 0 aliphatic rings. The predicted molar refractivity (Wildman–Crippen MR) is 110 cm³/mol. The highest BCUT2D eigenvalue weighted by molar-refractivity contribution is 7.89. The molecule has 0 fully saturated rings. The van der Waals surface area contributed by atoms with Crippen molar-refractivity contribution in [2.45, 2.75) is 64.6 Å². The van der Waals surface area contributed by atoms with Crippen LogP contribution >= 0.6 is 0 Å².